The average Bonchev–Trinajstić information content (AvgIpc) is 2.75. The Kier molecular flexibility index (Phi) is 5.66. The van der Waals surface area contributed by atoms with Gasteiger partial charge in [-0.1, -0.05) is 12.1 Å². The lowest BCUT2D eigenvalue weighted by Gasteiger charge is -2.14. The third-order valence-corrected chi connectivity index (χ3v) is 4.63. The predicted octanol–water partition coefficient (Wildman–Crippen LogP) is 5.03. The van der Waals surface area contributed by atoms with E-state index in [2.05, 4.69) is 26.3 Å². The van der Waals surface area contributed by atoms with Gasteiger partial charge in [-0.25, -0.2) is 4.98 Å². The molecule has 7 heteroatoms. The van der Waals surface area contributed by atoms with Gasteiger partial charge in [0.1, 0.15) is 17.3 Å². The van der Waals surface area contributed by atoms with Crippen molar-refractivity contribution in [1.82, 2.24) is 15.0 Å². The number of anilines is 4. The molecule has 4 rings (SSSR count). The van der Waals surface area contributed by atoms with Crippen LogP contribution in [0.3, 0.4) is 0 Å². The average molecular weight is 412 g/mol. The zero-order chi connectivity index (χ0) is 21.8. The first-order chi connectivity index (χ1) is 15.0. The highest BCUT2D eigenvalue weighted by Crippen LogP contribution is 2.27. The second-order valence-corrected chi connectivity index (χ2v) is 7.33. The largest absolute Gasteiger partial charge is 0.457 e. The van der Waals surface area contributed by atoms with Crippen LogP contribution >= 0.6 is 0 Å². The quantitative estimate of drug-likeness (QED) is 0.459. The fourth-order valence-corrected chi connectivity index (χ4v) is 3.09. The monoisotopic (exact) mass is 412 g/mol. The van der Waals surface area contributed by atoms with Crippen LogP contribution < -0.4 is 20.7 Å². The van der Waals surface area contributed by atoms with Crippen molar-refractivity contribution >= 4 is 23.1 Å². The van der Waals surface area contributed by atoms with Gasteiger partial charge in [-0.15, -0.1) is 0 Å². The Hall–Kier alpha value is -4.13. The maximum absolute atomic E-state index is 5.97. The SMILES string of the molecule is Cc1cc(Oc2ccc(Nc3cc(-c4cccc(N(C)C)c4)nc(N)n3)cc2)ccn1. The van der Waals surface area contributed by atoms with Gasteiger partial charge >= 0.3 is 0 Å². The Morgan fingerprint density at radius 3 is 2.45 bits per heavy atom. The summed E-state index contributed by atoms with van der Waals surface area (Å²) in [6.45, 7) is 1.93. The van der Waals surface area contributed by atoms with Crippen molar-refractivity contribution in [1.29, 1.82) is 0 Å². The Morgan fingerprint density at radius 2 is 1.71 bits per heavy atom. The van der Waals surface area contributed by atoms with E-state index in [4.69, 9.17) is 10.5 Å². The highest BCUT2D eigenvalue weighted by Gasteiger charge is 2.08. The van der Waals surface area contributed by atoms with E-state index in [0.717, 1.165) is 39.8 Å². The summed E-state index contributed by atoms with van der Waals surface area (Å²) < 4.78 is 5.87. The van der Waals surface area contributed by atoms with Gasteiger partial charge in [0.05, 0.1) is 5.69 Å². The summed E-state index contributed by atoms with van der Waals surface area (Å²) in [5.41, 5.74) is 10.6. The number of nitrogens with zero attached hydrogens (tertiary/aromatic N) is 4. The van der Waals surface area contributed by atoms with Crippen molar-refractivity contribution in [2.24, 2.45) is 0 Å². The normalized spacial score (nSPS) is 10.5. The molecule has 0 amide bonds. The molecule has 0 radical (unpaired) electrons. The van der Waals surface area contributed by atoms with E-state index < -0.39 is 0 Å². The third kappa shape index (κ3) is 5.08. The molecule has 0 aliphatic heterocycles. The summed E-state index contributed by atoms with van der Waals surface area (Å²) in [4.78, 5) is 14.9. The maximum Gasteiger partial charge on any atom is 0.222 e. The molecule has 0 spiro atoms. The van der Waals surface area contributed by atoms with Crippen LogP contribution in [0.2, 0.25) is 0 Å². The van der Waals surface area contributed by atoms with E-state index >= 15 is 0 Å². The molecule has 2 aromatic carbocycles. The molecule has 156 valence electrons. The van der Waals surface area contributed by atoms with Crippen LogP contribution in [-0.4, -0.2) is 29.0 Å². The van der Waals surface area contributed by atoms with Crippen LogP contribution in [0.1, 0.15) is 5.69 Å². The topological polar surface area (TPSA) is 89.2 Å². The Labute approximate surface area is 181 Å². The molecule has 0 fully saturated rings. The number of hydrogen-bond donors (Lipinski definition) is 2. The second-order valence-electron chi connectivity index (χ2n) is 7.33. The first kappa shape index (κ1) is 20.2. The number of pyridine rings is 1. The van der Waals surface area contributed by atoms with Gasteiger partial charge in [-0.05, 0) is 49.4 Å². The van der Waals surface area contributed by atoms with Gasteiger partial charge in [0.2, 0.25) is 5.95 Å². The standard InChI is InChI=1S/C24H24N6O/c1-16-13-21(11-12-26-16)31-20-9-7-18(8-10-20)27-23-15-22(28-24(25)29-23)17-5-4-6-19(14-17)30(2)3/h4-15H,1-3H3,(H3,25,27,28,29). The minimum atomic E-state index is 0.211. The number of nitrogen functional groups attached to an aromatic ring is 1. The van der Waals surface area contributed by atoms with Gasteiger partial charge in [0.25, 0.3) is 0 Å². The molecule has 4 aromatic rings. The predicted molar refractivity (Wildman–Crippen MR) is 125 cm³/mol. The molecule has 0 unspecified atom stereocenters. The molecule has 31 heavy (non-hydrogen) atoms. The van der Waals surface area contributed by atoms with Crippen molar-refractivity contribution in [3.8, 4) is 22.8 Å². The first-order valence-electron chi connectivity index (χ1n) is 9.86. The molecule has 0 aliphatic rings. The Morgan fingerprint density at radius 1 is 0.903 bits per heavy atom. The van der Waals surface area contributed by atoms with Crippen molar-refractivity contribution in [3.63, 3.8) is 0 Å². The summed E-state index contributed by atoms with van der Waals surface area (Å²) in [5.74, 6) is 2.32. The smallest absolute Gasteiger partial charge is 0.222 e. The molecule has 7 nitrogen and oxygen atoms in total. The molecule has 0 aliphatic carbocycles. The molecule has 0 saturated carbocycles. The van der Waals surface area contributed by atoms with Gasteiger partial charge in [0.15, 0.2) is 0 Å². The molecule has 0 atom stereocenters. The molecule has 2 heterocycles. The van der Waals surface area contributed by atoms with Crippen LogP contribution in [0.4, 0.5) is 23.1 Å². The lowest BCUT2D eigenvalue weighted by molar-refractivity contribution is 0.481. The number of aromatic nitrogens is 3. The van der Waals surface area contributed by atoms with Crippen molar-refractivity contribution in [3.05, 3.63) is 78.6 Å². The highest BCUT2D eigenvalue weighted by molar-refractivity contribution is 5.70. The summed E-state index contributed by atoms with van der Waals surface area (Å²) in [6.07, 6.45) is 1.73. The summed E-state index contributed by atoms with van der Waals surface area (Å²) in [5, 5.41) is 3.29. The lowest BCUT2D eigenvalue weighted by atomic mass is 10.1. The van der Waals surface area contributed by atoms with E-state index in [1.807, 2.05) is 86.6 Å². The number of nitrogens with one attached hydrogen (secondary N) is 1. The van der Waals surface area contributed by atoms with Crippen LogP contribution in [-0.2, 0) is 0 Å². The second kappa shape index (κ2) is 8.71. The van der Waals surface area contributed by atoms with Crippen molar-refractivity contribution in [2.75, 3.05) is 30.0 Å². The number of hydrogen-bond acceptors (Lipinski definition) is 7. The van der Waals surface area contributed by atoms with E-state index in [9.17, 15) is 0 Å². The van der Waals surface area contributed by atoms with Crippen molar-refractivity contribution < 1.29 is 4.74 Å². The Balaban J connectivity index is 1.52. The summed E-state index contributed by atoms with van der Waals surface area (Å²) >= 11 is 0. The van der Waals surface area contributed by atoms with Crippen LogP contribution in [0.15, 0.2) is 72.9 Å². The zero-order valence-corrected chi connectivity index (χ0v) is 17.7. The van der Waals surface area contributed by atoms with Crippen LogP contribution in [0.25, 0.3) is 11.3 Å². The minimum absolute atomic E-state index is 0.211. The number of benzene rings is 2. The van der Waals surface area contributed by atoms with E-state index in [1.165, 1.54) is 0 Å². The Bertz CT molecular complexity index is 1190. The van der Waals surface area contributed by atoms with Gasteiger partial charge in [-0.3, -0.25) is 4.98 Å². The molecular formula is C24H24N6O. The van der Waals surface area contributed by atoms with E-state index in [-0.39, 0.29) is 5.95 Å². The maximum atomic E-state index is 5.97. The molecule has 0 bridgehead atoms. The molecule has 0 saturated heterocycles. The fraction of sp³-hybridized carbons (Fsp3) is 0.125. The summed E-state index contributed by atoms with van der Waals surface area (Å²) in [6, 6.07) is 21.4. The van der Waals surface area contributed by atoms with Crippen LogP contribution in [0, 0.1) is 6.92 Å². The van der Waals surface area contributed by atoms with Gasteiger partial charge < -0.3 is 20.7 Å². The molecule has 2 aromatic heterocycles. The van der Waals surface area contributed by atoms with Crippen LogP contribution in [0.5, 0.6) is 11.5 Å². The molecular weight excluding hydrogens is 388 g/mol. The number of rotatable bonds is 6. The summed E-state index contributed by atoms with van der Waals surface area (Å²) in [7, 11) is 4.01. The fourth-order valence-electron chi connectivity index (χ4n) is 3.09. The molecule has 3 N–H and O–H groups in total. The van der Waals surface area contributed by atoms with E-state index in [0.29, 0.717) is 5.82 Å². The number of ether oxygens (including phenoxy) is 1. The first-order valence-corrected chi connectivity index (χ1v) is 9.86. The zero-order valence-electron chi connectivity index (χ0n) is 17.7. The third-order valence-electron chi connectivity index (χ3n) is 4.63. The minimum Gasteiger partial charge on any atom is -0.457 e. The lowest BCUT2D eigenvalue weighted by Crippen LogP contribution is -2.08. The van der Waals surface area contributed by atoms with Gasteiger partial charge in [0, 0.05) is 55.1 Å². The number of aryl methyl sites for hydroxylation is 1. The van der Waals surface area contributed by atoms with Gasteiger partial charge in [-0.2, -0.15) is 4.98 Å². The van der Waals surface area contributed by atoms with E-state index in [1.54, 1.807) is 6.20 Å². The highest BCUT2D eigenvalue weighted by atomic mass is 16.5. The number of nitrogens with two attached hydrogens (primary N) is 1. The van der Waals surface area contributed by atoms with Crippen molar-refractivity contribution in [2.45, 2.75) is 6.92 Å².